The number of nitrogens with one attached hydrogen (secondary N) is 1. The van der Waals surface area contributed by atoms with Crippen molar-refractivity contribution in [2.75, 3.05) is 19.7 Å². The average Bonchev–Trinajstić information content (AvgIpc) is 3.28. The van der Waals surface area contributed by atoms with Crippen LogP contribution in [0.2, 0.25) is 0 Å². The Hall–Kier alpha value is -4.13. The molecule has 6 nitrogen and oxygen atoms in total. The number of nitrogens with zero attached hydrogens (tertiary/aromatic N) is 2. The van der Waals surface area contributed by atoms with Gasteiger partial charge in [-0.2, -0.15) is 0 Å². The molecule has 2 aliphatic rings. The molecular weight excluding hydrogens is 469 g/mol. The Morgan fingerprint density at radius 2 is 1.84 bits per heavy atom. The van der Waals surface area contributed by atoms with Gasteiger partial charge in [0, 0.05) is 35.1 Å². The maximum Gasteiger partial charge on any atom is 0.246 e. The molecule has 1 saturated heterocycles. The van der Waals surface area contributed by atoms with Crippen molar-refractivity contribution in [1.29, 1.82) is 0 Å². The summed E-state index contributed by atoms with van der Waals surface area (Å²) in [6.07, 6.45) is 0.923. The zero-order valence-electron chi connectivity index (χ0n) is 20.6. The van der Waals surface area contributed by atoms with Gasteiger partial charge in [0.2, 0.25) is 11.8 Å². The van der Waals surface area contributed by atoms with Crippen molar-refractivity contribution in [1.82, 2.24) is 14.8 Å². The van der Waals surface area contributed by atoms with Gasteiger partial charge in [-0.05, 0) is 48.7 Å². The number of ether oxygens (including phenoxy) is 1. The number of amides is 2. The van der Waals surface area contributed by atoms with Crippen LogP contribution in [0.15, 0.2) is 72.8 Å². The molecule has 2 atom stereocenters. The second kappa shape index (κ2) is 9.39. The van der Waals surface area contributed by atoms with E-state index in [1.807, 2.05) is 55.5 Å². The van der Waals surface area contributed by atoms with Crippen LogP contribution in [0.1, 0.15) is 35.3 Å². The Morgan fingerprint density at radius 1 is 1.03 bits per heavy atom. The minimum absolute atomic E-state index is 0.00644. The number of aromatic amines is 1. The molecule has 6 rings (SSSR count). The minimum Gasteiger partial charge on any atom is -0.494 e. The summed E-state index contributed by atoms with van der Waals surface area (Å²) >= 11 is 0. The van der Waals surface area contributed by atoms with Gasteiger partial charge in [-0.15, -0.1) is 0 Å². The summed E-state index contributed by atoms with van der Waals surface area (Å²) in [4.78, 5) is 34.5. The lowest BCUT2D eigenvalue weighted by molar-refractivity contribution is -0.158. The number of hydrogen-bond acceptors (Lipinski definition) is 3. The zero-order valence-corrected chi connectivity index (χ0v) is 20.6. The highest BCUT2D eigenvalue weighted by atomic mass is 19.1. The molecule has 7 heteroatoms. The molecule has 1 aromatic heterocycles. The molecule has 0 saturated carbocycles. The number of halogens is 1. The fourth-order valence-electron chi connectivity index (χ4n) is 5.79. The number of carbonyl (C=O) groups is 2. The van der Waals surface area contributed by atoms with Crippen molar-refractivity contribution >= 4 is 22.7 Å². The van der Waals surface area contributed by atoms with Gasteiger partial charge in [0.25, 0.3) is 0 Å². The number of carbonyl (C=O) groups excluding carboxylic acids is 2. The van der Waals surface area contributed by atoms with E-state index in [9.17, 15) is 14.0 Å². The van der Waals surface area contributed by atoms with E-state index in [1.54, 1.807) is 15.9 Å². The average molecular weight is 498 g/mol. The van der Waals surface area contributed by atoms with E-state index in [4.69, 9.17) is 4.74 Å². The minimum atomic E-state index is -0.625. The monoisotopic (exact) mass is 497 g/mol. The number of H-pyrrole nitrogens is 1. The van der Waals surface area contributed by atoms with Crippen LogP contribution in [0.3, 0.4) is 0 Å². The largest absolute Gasteiger partial charge is 0.494 e. The predicted molar refractivity (Wildman–Crippen MR) is 139 cm³/mol. The standard InChI is InChI=1S/C30H28FN3O3/c1-2-37-26-13-6-4-11-22(26)29-28-23(21-10-3-5-12-24(21)32-28)17-25-30(36)33(18-27(35)34(25)29)15-14-19-8-7-9-20(31)16-19/h3-13,16,25,29,32H,2,14-15,17-18H2,1H3/t25-,29?/m0/s1. The van der Waals surface area contributed by atoms with Gasteiger partial charge in [0.1, 0.15) is 23.7 Å². The van der Waals surface area contributed by atoms with Gasteiger partial charge in [0.05, 0.1) is 13.2 Å². The summed E-state index contributed by atoms with van der Waals surface area (Å²) < 4.78 is 19.6. The van der Waals surface area contributed by atoms with E-state index in [0.717, 1.165) is 33.3 Å². The van der Waals surface area contributed by atoms with Crippen molar-refractivity contribution < 1.29 is 18.7 Å². The van der Waals surface area contributed by atoms with Crippen molar-refractivity contribution in [3.8, 4) is 5.75 Å². The highest BCUT2D eigenvalue weighted by Crippen LogP contribution is 2.44. The summed E-state index contributed by atoms with van der Waals surface area (Å²) in [5, 5.41) is 1.06. The van der Waals surface area contributed by atoms with Gasteiger partial charge in [-0.25, -0.2) is 4.39 Å². The Kier molecular flexibility index (Phi) is 5.91. The van der Waals surface area contributed by atoms with Crippen molar-refractivity contribution in [3.63, 3.8) is 0 Å². The number of aromatic nitrogens is 1. The predicted octanol–water partition coefficient (Wildman–Crippen LogP) is 4.63. The number of para-hydroxylation sites is 2. The Bertz CT molecular complexity index is 1500. The van der Waals surface area contributed by atoms with E-state index in [0.29, 0.717) is 31.7 Å². The first kappa shape index (κ1) is 23.3. The maximum atomic E-state index is 13.9. The molecule has 0 bridgehead atoms. The van der Waals surface area contributed by atoms with E-state index < -0.39 is 12.1 Å². The maximum absolute atomic E-state index is 13.9. The molecule has 3 heterocycles. The zero-order chi connectivity index (χ0) is 25.5. The molecule has 0 radical (unpaired) electrons. The second-order valence-corrected chi connectivity index (χ2v) is 9.60. The number of benzene rings is 3. The van der Waals surface area contributed by atoms with Gasteiger partial charge in [-0.1, -0.05) is 48.5 Å². The number of piperazine rings is 1. The quantitative estimate of drug-likeness (QED) is 0.422. The first-order valence-corrected chi connectivity index (χ1v) is 12.7. The molecule has 2 amide bonds. The molecule has 0 aliphatic carbocycles. The van der Waals surface area contributed by atoms with Gasteiger partial charge >= 0.3 is 0 Å². The normalized spacial score (nSPS) is 19.2. The van der Waals surface area contributed by atoms with Gasteiger partial charge in [-0.3, -0.25) is 9.59 Å². The Balaban J connectivity index is 1.41. The van der Waals surface area contributed by atoms with Crippen LogP contribution in [-0.4, -0.2) is 52.3 Å². The lowest BCUT2D eigenvalue weighted by Crippen LogP contribution is -2.63. The van der Waals surface area contributed by atoms with E-state index in [-0.39, 0.29) is 24.2 Å². The first-order valence-electron chi connectivity index (χ1n) is 12.7. The van der Waals surface area contributed by atoms with Gasteiger partial charge in [0.15, 0.2) is 0 Å². The Morgan fingerprint density at radius 3 is 2.68 bits per heavy atom. The summed E-state index contributed by atoms with van der Waals surface area (Å²) in [7, 11) is 0. The molecule has 188 valence electrons. The summed E-state index contributed by atoms with van der Waals surface area (Å²) in [5.74, 6) is 0.212. The lowest BCUT2D eigenvalue weighted by Gasteiger charge is -2.47. The van der Waals surface area contributed by atoms with E-state index in [1.165, 1.54) is 12.1 Å². The summed E-state index contributed by atoms with van der Waals surface area (Å²) in [6.45, 7) is 2.78. The molecular formula is C30H28FN3O3. The topological polar surface area (TPSA) is 65.6 Å². The molecule has 4 aromatic rings. The van der Waals surface area contributed by atoms with Gasteiger partial charge < -0.3 is 19.5 Å². The van der Waals surface area contributed by atoms with Crippen LogP contribution >= 0.6 is 0 Å². The Labute approximate surface area is 214 Å². The third-order valence-electron chi connectivity index (χ3n) is 7.42. The third kappa shape index (κ3) is 4.04. The second-order valence-electron chi connectivity index (χ2n) is 9.60. The van der Waals surface area contributed by atoms with Crippen LogP contribution in [0.5, 0.6) is 5.75 Å². The molecule has 1 fully saturated rings. The summed E-state index contributed by atoms with van der Waals surface area (Å²) in [6, 6.07) is 21.1. The third-order valence-corrected chi connectivity index (χ3v) is 7.42. The summed E-state index contributed by atoms with van der Waals surface area (Å²) in [5.41, 5.74) is 4.62. The lowest BCUT2D eigenvalue weighted by atomic mass is 9.86. The smallest absolute Gasteiger partial charge is 0.246 e. The molecule has 1 unspecified atom stereocenters. The van der Waals surface area contributed by atoms with Crippen molar-refractivity contribution in [3.05, 3.63) is 101 Å². The number of rotatable bonds is 6. The van der Waals surface area contributed by atoms with Crippen LogP contribution in [-0.2, 0) is 22.4 Å². The molecule has 2 aliphatic heterocycles. The fraction of sp³-hybridized carbons (Fsp3) is 0.267. The first-order chi connectivity index (χ1) is 18.0. The fourth-order valence-corrected chi connectivity index (χ4v) is 5.79. The highest BCUT2D eigenvalue weighted by Gasteiger charge is 2.48. The molecule has 1 N–H and O–H groups in total. The number of hydrogen-bond donors (Lipinski definition) is 1. The molecule has 3 aromatic carbocycles. The van der Waals surface area contributed by atoms with Crippen LogP contribution in [0.25, 0.3) is 10.9 Å². The van der Waals surface area contributed by atoms with Crippen LogP contribution in [0.4, 0.5) is 4.39 Å². The molecule has 0 spiro atoms. The van der Waals surface area contributed by atoms with Crippen LogP contribution < -0.4 is 4.74 Å². The highest BCUT2D eigenvalue weighted by molar-refractivity contribution is 5.97. The van der Waals surface area contributed by atoms with E-state index >= 15 is 0 Å². The van der Waals surface area contributed by atoms with Crippen LogP contribution in [0, 0.1) is 5.82 Å². The SMILES string of the molecule is CCOc1ccccc1C1c2[nH]c3ccccc3c2C[C@H]2C(=O)N(CCc3cccc(F)c3)CC(=O)N12. The van der Waals surface area contributed by atoms with Crippen molar-refractivity contribution in [2.45, 2.75) is 31.8 Å². The molecule has 37 heavy (non-hydrogen) atoms. The van der Waals surface area contributed by atoms with Crippen molar-refractivity contribution in [2.24, 2.45) is 0 Å². The number of fused-ring (bicyclic) bond motifs is 4. The van der Waals surface area contributed by atoms with E-state index in [2.05, 4.69) is 11.1 Å².